The first kappa shape index (κ1) is 20.1. The van der Waals surface area contributed by atoms with Gasteiger partial charge >= 0.3 is 5.70 Å². The predicted octanol–water partition coefficient (Wildman–Crippen LogP) is 4.91. The number of allylic oxidation sites excluding steroid dienone is 1. The molecule has 0 amide bonds. The number of benzene rings is 1. The van der Waals surface area contributed by atoms with Gasteiger partial charge in [-0.25, -0.2) is 4.68 Å². The van der Waals surface area contributed by atoms with E-state index < -0.39 is 20.1 Å². The smallest absolute Gasteiger partial charge is 0.332 e. The van der Waals surface area contributed by atoms with Crippen molar-refractivity contribution in [3.05, 3.63) is 67.1 Å². The molecule has 0 aliphatic rings. The molecule has 1 heterocycles. The Morgan fingerprint density at radius 1 is 1.23 bits per heavy atom. The zero-order valence-corrected chi connectivity index (χ0v) is 16.4. The zero-order valence-electron chi connectivity index (χ0n) is 14.1. The van der Waals surface area contributed by atoms with Crippen molar-refractivity contribution in [2.24, 2.45) is 0 Å². The average Bonchev–Trinajstić information content (AvgIpc) is 2.92. The Morgan fingerprint density at radius 3 is 2.27 bits per heavy atom. The Kier molecular flexibility index (Phi) is 6.52. The first-order chi connectivity index (χ1) is 12.2. The van der Waals surface area contributed by atoms with E-state index in [-0.39, 0.29) is 5.82 Å². The fourth-order valence-electron chi connectivity index (χ4n) is 2.24. The molecule has 0 unspecified atom stereocenters. The van der Waals surface area contributed by atoms with E-state index in [9.17, 15) is 10.1 Å². The van der Waals surface area contributed by atoms with Crippen molar-refractivity contribution in [2.45, 2.75) is 13.8 Å². The van der Waals surface area contributed by atoms with Crippen LogP contribution in [0.25, 0.3) is 5.82 Å². The highest BCUT2D eigenvalue weighted by Gasteiger charge is 2.28. The van der Waals surface area contributed by atoms with Gasteiger partial charge in [0.15, 0.2) is 5.03 Å². The molecule has 0 aliphatic heterocycles. The van der Waals surface area contributed by atoms with Gasteiger partial charge in [-0.2, -0.15) is 5.10 Å². The van der Waals surface area contributed by atoms with Crippen molar-refractivity contribution >= 4 is 46.3 Å². The molecule has 0 saturated carbocycles. The largest absolute Gasteiger partial charge is 0.497 e. The van der Waals surface area contributed by atoms with E-state index in [0.717, 1.165) is 0 Å². The maximum Gasteiger partial charge on any atom is 0.332 e. The molecule has 0 atom stereocenters. The third-order valence-electron chi connectivity index (χ3n) is 3.35. The van der Waals surface area contributed by atoms with Gasteiger partial charge in [-0.3, -0.25) is 10.1 Å². The summed E-state index contributed by atoms with van der Waals surface area (Å²) < 4.78 is 6.06. The normalized spacial score (nSPS) is 11.6. The van der Waals surface area contributed by atoms with Gasteiger partial charge in [0.25, 0.3) is 0 Å². The molecular formula is C16H15Cl3N4O3. The van der Waals surface area contributed by atoms with Crippen LogP contribution in [0.15, 0.2) is 45.6 Å². The second-order valence-corrected chi connectivity index (χ2v) is 6.55. The van der Waals surface area contributed by atoms with Gasteiger partial charge in [0, 0.05) is 11.4 Å². The monoisotopic (exact) mass is 416 g/mol. The van der Waals surface area contributed by atoms with E-state index in [4.69, 9.17) is 39.5 Å². The van der Waals surface area contributed by atoms with E-state index in [1.807, 2.05) is 0 Å². The molecule has 7 nitrogen and oxygen atoms in total. The van der Waals surface area contributed by atoms with E-state index >= 15 is 0 Å². The van der Waals surface area contributed by atoms with E-state index in [2.05, 4.69) is 10.4 Å². The van der Waals surface area contributed by atoms with Crippen LogP contribution in [0.4, 0.5) is 5.69 Å². The number of aryl methyl sites for hydroxylation is 2. The van der Waals surface area contributed by atoms with Crippen LogP contribution in [0.3, 0.4) is 0 Å². The minimum absolute atomic E-state index is 0.00886. The number of methoxy groups -OCH3 is 1. The number of nitrogens with zero attached hydrogens (tertiary/aromatic N) is 3. The molecule has 0 aliphatic carbocycles. The summed E-state index contributed by atoms with van der Waals surface area (Å²) in [6.45, 7) is 3.53. The topological polar surface area (TPSA) is 82.2 Å². The van der Waals surface area contributed by atoms with Crippen molar-refractivity contribution in [3.8, 4) is 5.75 Å². The molecule has 26 heavy (non-hydrogen) atoms. The van der Waals surface area contributed by atoms with Gasteiger partial charge in [0.1, 0.15) is 10.2 Å². The Balaban J connectivity index is 2.68. The fraction of sp³-hybridized carbons (Fsp3) is 0.188. The van der Waals surface area contributed by atoms with Crippen LogP contribution in [0, 0.1) is 24.0 Å². The van der Waals surface area contributed by atoms with Crippen molar-refractivity contribution in [1.29, 1.82) is 0 Å². The highest BCUT2D eigenvalue weighted by molar-refractivity contribution is 6.59. The van der Waals surface area contributed by atoms with Gasteiger partial charge in [0.05, 0.1) is 17.7 Å². The van der Waals surface area contributed by atoms with Gasteiger partial charge in [-0.1, -0.05) is 34.8 Å². The van der Waals surface area contributed by atoms with Crippen LogP contribution >= 0.6 is 34.8 Å². The quantitative estimate of drug-likeness (QED) is 0.410. The van der Waals surface area contributed by atoms with E-state index in [1.165, 1.54) is 4.68 Å². The summed E-state index contributed by atoms with van der Waals surface area (Å²) >= 11 is 17.4. The number of nitrogens with one attached hydrogen (secondary N) is 1. The summed E-state index contributed by atoms with van der Waals surface area (Å²) in [5, 5.41) is 18.5. The maximum absolute atomic E-state index is 11.7. The molecule has 2 aromatic rings. The fourth-order valence-corrected chi connectivity index (χ4v) is 2.58. The number of hydrogen-bond donors (Lipinski definition) is 1. The SMILES string of the molecule is COc1ccc(NC(=C(C(Cl)=C(Cl)Cl)[N+](=O)[O-])n2nc(C)cc2C)cc1. The van der Waals surface area contributed by atoms with Crippen molar-refractivity contribution in [1.82, 2.24) is 9.78 Å². The molecule has 138 valence electrons. The molecule has 0 saturated heterocycles. The minimum atomic E-state index is -0.671. The Morgan fingerprint density at radius 2 is 1.85 bits per heavy atom. The van der Waals surface area contributed by atoms with Gasteiger partial charge in [-0.05, 0) is 44.2 Å². The number of aromatic nitrogens is 2. The van der Waals surface area contributed by atoms with Crippen LogP contribution in [-0.2, 0) is 0 Å². The Bertz CT molecular complexity index is 885. The lowest BCUT2D eigenvalue weighted by molar-refractivity contribution is -0.419. The maximum atomic E-state index is 11.7. The predicted molar refractivity (Wildman–Crippen MR) is 103 cm³/mol. The van der Waals surface area contributed by atoms with E-state index in [0.29, 0.717) is 22.8 Å². The number of hydrogen-bond acceptors (Lipinski definition) is 5. The van der Waals surface area contributed by atoms with Crippen molar-refractivity contribution < 1.29 is 9.66 Å². The lowest BCUT2D eigenvalue weighted by atomic mass is 10.3. The standard InChI is InChI=1S/C16H15Cl3N4O3/c1-9-8-10(2)22(21-9)16(14(23(24)25)13(17)15(18)19)20-11-4-6-12(26-3)7-5-11/h4-8,20H,1-3H3. The molecule has 1 N–H and O–H groups in total. The third-order valence-corrected chi connectivity index (χ3v) is 4.29. The second kappa shape index (κ2) is 8.44. The number of nitro groups is 1. The number of halogens is 3. The number of ether oxygens (including phenoxy) is 1. The Hall–Kier alpha value is -2.22. The number of anilines is 1. The van der Waals surface area contributed by atoms with Crippen LogP contribution in [0.2, 0.25) is 0 Å². The number of rotatable bonds is 6. The van der Waals surface area contributed by atoms with Gasteiger partial charge in [-0.15, -0.1) is 0 Å². The van der Waals surface area contributed by atoms with Crippen molar-refractivity contribution in [3.63, 3.8) is 0 Å². The van der Waals surface area contributed by atoms with E-state index in [1.54, 1.807) is 51.3 Å². The molecule has 1 aromatic carbocycles. The van der Waals surface area contributed by atoms with Crippen molar-refractivity contribution in [2.75, 3.05) is 12.4 Å². The third kappa shape index (κ3) is 4.49. The van der Waals surface area contributed by atoms with Gasteiger partial charge in [0.2, 0.25) is 5.82 Å². The first-order valence-corrected chi connectivity index (χ1v) is 8.42. The minimum Gasteiger partial charge on any atom is -0.497 e. The lowest BCUT2D eigenvalue weighted by Gasteiger charge is -2.14. The molecular weight excluding hydrogens is 403 g/mol. The molecule has 0 fully saturated rings. The molecule has 0 radical (unpaired) electrons. The van der Waals surface area contributed by atoms with Crippen LogP contribution in [0.1, 0.15) is 11.4 Å². The van der Waals surface area contributed by atoms with Gasteiger partial charge < -0.3 is 10.1 Å². The highest BCUT2D eigenvalue weighted by Crippen LogP contribution is 2.31. The molecule has 1 aromatic heterocycles. The second-order valence-electron chi connectivity index (χ2n) is 5.22. The van der Waals surface area contributed by atoms with Crippen LogP contribution in [-0.4, -0.2) is 21.8 Å². The molecule has 0 spiro atoms. The molecule has 10 heteroatoms. The van der Waals surface area contributed by atoms with Crippen LogP contribution in [0.5, 0.6) is 5.75 Å². The Labute approximate surface area is 164 Å². The summed E-state index contributed by atoms with van der Waals surface area (Å²) in [4.78, 5) is 11.0. The molecule has 0 bridgehead atoms. The lowest BCUT2D eigenvalue weighted by Crippen LogP contribution is -2.17. The highest BCUT2D eigenvalue weighted by atomic mass is 35.5. The summed E-state index contributed by atoms with van der Waals surface area (Å²) in [6, 6.07) is 8.58. The first-order valence-electron chi connectivity index (χ1n) is 7.29. The summed E-state index contributed by atoms with van der Waals surface area (Å²) in [5.41, 5.74) is 1.39. The summed E-state index contributed by atoms with van der Waals surface area (Å²) in [6.07, 6.45) is 0. The summed E-state index contributed by atoms with van der Waals surface area (Å²) in [7, 11) is 1.54. The molecule has 2 rings (SSSR count). The zero-order chi connectivity index (χ0) is 19.4. The average molecular weight is 418 g/mol. The van der Waals surface area contributed by atoms with Crippen LogP contribution < -0.4 is 10.1 Å². The summed E-state index contributed by atoms with van der Waals surface area (Å²) in [5.74, 6) is 0.651.